The average molecular weight is 281 g/mol. The van der Waals surface area contributed by atoms with Gasteiger partial charge in [-0.3, -0.25) is 4.79 Å². The van der Waals surface area contributed by atoms with Crippen LogP contribution in [0.15, 0.2) is 23.8 Å². The molecule has 2 aliphatic rings. The van der Waals surface area contributed by atoms with Crippen LogP contribution >= 0.6 is 0 Å². The van der Waals surface area contributed by atoms with Crippen molar-refractivity contribution >= 4 is 11.9 Å². The maximum atomic E-state index is 10.8. The minimum Gasteiger partial charge on any atom is -0.481 e. The predicted octanol–water partition coefficient (Wildman–Crippen LogP) is 2.33. The van der Waals surface area contributed by atoms with Crippen LogP contribution in [0.2, 0.25) is 0 Å². The van der Waals surface area contributed by atoms with E-state index < -0.39 is 17.4 Å². The summed E-state index contributed by atoms with van der Waals surface area (Å²) in [6.07, 6.45) is 11.1. The Labute approximate surface area is 119 Å². The summed E-state index contributed by atoms with van der Waals surface area (Å²) in [5.41, 5.74) is 4.69. The first-order chi connectivity index (χ1) is 9.35. The van der Waals surface area contributed by atoms with Crippen molar-refractivity contribution in [2.24, 2.45) is 11.1 Å². The molecule has 5 heteroatoms. The van der Waals surface area contributed by atoms with Crippen LogP contribution in [0.4, 0.5) is 0 Å². The van der Waals surface area contributed by atoms with Gasteiger partial charge in [0.1, 0.15) is 0 Å². The maximum absolute atomic E-state index is 10.8. The highest BCUT2D eigenvalue weighted by atomic mass is 16.4. The molecule has 2 rings (SSSR count). The monoisotopic (exact) mass is 281 g/mol. The molecule has 0 saturated heterocycles. The van der Waals surface area contributed by atoms with Gasteiger partial charge in [-0.1, -0.05) is 37.5 Å². The number of carboxylic acids is 2. The highest BCUT2D eigenvalue weighted by molar-refractivity contribution is 5.90. The number of nitrogens with two attached hydrogens (primary N) is 1. The SMILES string of the molecule is CC1(C(=O)O)C=CC=C(C(=O)O)C1.NC1CCCCC1. The molecule has 0 spiro atoms. The number of hydrogen-bond donors (Lipinski definition) is 3. The molecule has 1 atom stereocenters. The average Bonchev–Trinajstić information content (AvgIpc) is 2.40. The smallest absolute Gasteiger partial charge is 0.331 e. The van der Waals surface area contributed by atoms with E-state index in [-0.39, 0.29) is 12.0 Å². The fourth-order valence-electron chi connectivity index (χ4n) is 2.32. The van der Waals surface area contributed by atoms with E-state index in [2.05, 4.69) is 0 Å². The van der Waals surface area contributed by atoms with Crippen LogP contribution in [0.5, 0.6) is 0 Å². The van der Waals surface area contributed by atoms with Crippen molar-refractivity contribution in [1.29, 1.82) is 0 Å². The van der Waals surface area contributed by atoms with Gasteiger partial charge < -0.3 is 15.9 Å². The van der Waals surface area contributed by atoms with Gasteiger partial charge >= 0.3 is 11.9 Å². The van der Waals surface area contributed by atoms with Gasteiger partial charge in [0.2, 0.25) is 0 Å². The molecule has 112 valence electrons. The zero-order valence-electron chi connectivity index (χ0n) is 11.8. The van der Waals surface area contributed by atoms with Crippen LogP contribution in [-0.4, -0.2) is 28.2 Å². The van der Waals surface area contributed by atoms with Crippen molar-refractivity contribution in [3.8, 4) is 0 Å². The Morgan fingerprint density at radius 3 is 2.25 bits per heavy atom. The number of rotatable bonds is 2. The third kappa shape index (κ3) is 4.81. The summed E-state index contributed by atoms with van der Waals surface area (Å²) in [5.74, 6) is -2.06. The molecule has 20 heavy (non-hydrogen) atoms. The van der Waals surface area contributed by atoms with Gasteiger partial charge in [-0.25, -0.2) is 4.79 Å². The minimum absolute atomic E-state index is 0.0359. The summed E-state index contributed by atoms with van der Waals surface area (Å²) in [6, 6.07) is 0.536. The molecule has 0 aromatic heterocycles. The first kappa shape index (κ1) is 16.4. The molecule has 0 aliphatic heterocycles. The van der Waals surface area contributed by atoms with E-state index in [1.54, 1.807) is 0 Å². The lowest BCUT2D eigenvalue weighted by Crippen LogP contribution is -2.28. The van der Waals surface area contributed by atoms with Crippen molar-refractivity contribution in [2.45, 2.75) is 51.5 Å². The van der Waals surface area contributed by atoms with Crippen molar-refractivity contribution in [2.75, 3.05) is 0 Å². The molecule has 0 aromatic rings. The Kier molecular flexibility index (Phi) is 5.95. The van der Waals surface area contributed by atoms with Gasteiger partial charge in [0, 0.05) is 11.6 Å². The normalized spacial score (nSPS) is 26.2. The summed E-state index contributed by atoms with van der Waals surface area (Å²) in [6.45, 7) is 1.50. The molecule has 1 saturated carbocycles. The topological polar surface area (TPSA) is 101 Å². The third-order valence-corrected chi connectivity index (χ3v) is 3.73. The van der Waals surface area contributed by atoms with Crippen LogP contribution in [-0.2, 0) is 9.59 Å². The second-order valence-corrected chi connectivity index (χ2v) is 5.65. The second-order valence-electron chi connectivity index (χ2n) is 5.65. The minimum atomic E-state index is -1.08. The molecule has 0 heterocycles. The Morgan fingerprint density at radius 1 is 1.25 bits per heavy atom. The quantitative estimate of drug-likeness (QED) is 0.721. The van der Waals surface area contributed by atoms with Crippen molar-refractivity contribution in [3.63, 3.8) is 0 Å². The molecule has 0 aromatic carbocycles. The highest BCUT2D eigenvalue weighted by Crippen LogP contribution is 2.31. The van der Waals surface area contributed by atoms with E-state index in [0.717, 1.165) is 0 Å². The van der Waals surface area contributed by atoms with E-state index in [4.69, 9.17) is 15.9 Å². The van der Waals surface area contributed by atoms with Crippen LogP contribution in [0.1, 0.15) is 45.4 Å². The molecular weight excluding hydrogens is 258 g/mol. The van der Waals surface area contributed by atoms with Crippen molar-refractivity contribution in [1.82, 2.24) is 0 Å². The van der Waals surface area contributed by atoms with Gasteiger partial charge in [0.15, 0.2) is 0 Å². The molecule has 0 radical (unpaired) electrons. The van der Waals surface area contributed by atoms with E-state index in [1.165, 1.54) is 57.3 Å². The van der Waals surface area contributed by atoms with E-state index in [1.807, 2.05) is 0 Å². The van der Waals surface area contributed by atoms with Crippen LogP contribution in [0.3, 0.4) is 0 Å². The van der Waals surface area contributed by atoms with Gasteiger partial charge in [0.05, 0.1) is 5.41 Å². The van der Waals surface area contributed by atoms with E-state index >= 15 is 0 Å². The molecular formula is C15H23NO4. The zero-order valence-corrected chi connectivity index (χ0v) is 11.8. The zero-order chi connectivity index (χ0) is 15.2. The third-order valence-electron chi connectivity index (χ3n) is 3.73. The van der Waals surface area contributed by atoms with Crippen LogP contribution in [0, 0.1) is 5.41 Å². The lowest BCUT2D eigenvalue weighted by molar-refractivity contribution is -0.145. The largest absolute Gasteiger partial charge is 0.481 e. The van der Waals surface area contributed by atoms with Crippen molar-refractivity contribution < 1.29 is 19.8 Å². The maximum Gasteiger partial charge on any atom is 0.331 e. The summed E-state index contributed by atoms with van der Waals surface area (Å²) < 4.78 is 0. The highest BCUT2D eigenvalue weighted by Gasteiger charge is 2.34. The number of allylic oxidation sites excluding steroid dienone is 2. The van der Waals surface area contributed by atoms with Gasteiger partial charge in [-0.05, 0) is 26.2 Å². The summed E-state index contributed by atoms with van der Waals surface area (Å²) >= 11 is 0. The lowest BCUT2D eigenvalue weighted by Gasteiger charge is -2.23. The Hall–Kier alpha value is -1.62. The molecule has 4 N–H and O–H groups in total. The second kappa shape index (κ2) is 7.24. The standard InChI is InChI=1S/C9H10O4.C6H13N/c1-9(8(12)13)4-2-3-6(5-9)7(10)11;7-6-4-2-1-3-5-6/h2-4H,5H2,1H3,(H,10,11)(H,12,13);6H,1-5,7H2. The Morgan fingerprint density at radius 2 is 1.85 bits per heavy atom. The Bertz CT molecular complexity index is 422. The molecule has 2 aliphatic carbocycles. The van der Waals surface area contributed by atoms with E-state index in [0.29, 0.717) is 6.04 Å². The first-order valence-electron chi connectivity index (χ1n) is 6.96. The fourth-order valence-corrected chi connectivity index (χ4v) is 2.32. The van der Waals surface area contributed by atoms with Crippen LogP contribution in [0.25, 0.3) is 0 Å². The van der Waals surface area contributed by atoms with Crippen molar-refractivity contribution in [3.05, 3.63) is 23.8 Å². The molecule has 5 nitrogen and oxygen atoms in total. The number of carbonyl (C=O) groups is 2. The molecule has 0 bridgehead atoms. The van der Waals surface area contributed by atoms with Gasteiger partial charge in [-0.15, -0.1) is 0 Å². The van der Waals surface area contributed by atoms with Crippen LogP contribution < -0.4 is 5.73 Å². The van der Waals surface area contributed by atoms with E-state index in [9.17, 15) is 9.59 Å². The first-order valence-corrected chi connectivity index (χ1v) is 6.96. The lowest BCUT2D eigenvalue weighted by atomic mass is 9.80. The fraction of sp³-hybridized carbons (Fsp3) is 0.600. The molecule has 1 fully saturated rings. The summed E-state index contributed by atoms with van der Waals surface area (Å²) in [4.78, 5) is 21.3. The predicted molar refractivity (Wildman–Crippen MR) is 76.3 cm³/mol. The summed E-state index contributed by atoms with van der Waals surface area (Å²) in [5, 5.41) is 17.5. The summed E-state index contributed by atoms with van der Waals surface area (Å²) in [7, 11) is 0. The van der Waals surface area contributed by atoms with Gasteiger partial charge in [0.25, 0.3) is 0 Å². The molecule has 0 amide bonds. The Balaban J connectivity index is 0.000000240. The van der Waals surface area contributed by atoms with Gasteiger partial charge in [-0.2, -0.15) is 0 Å². The number of aliphatic carboxylic acids is 2. The number of hydrogen-bond acceptors (Lipinski definition) is 3. The molecule has 1 unspecified atom stereocenters. The number of carboxylic acid groups (broad SMARTS) is 2.